The van der Waals surface area contributed by atoms with E-state index < -0.39 is 0 Å². The van der Waals surface area contributed by atoms with E-state index in [-0.39, 0.29) is 0 Å². The van der Waals surface area contributed by atoms with Gasteiger partial charge in [0.15, 0.2) is 0 Å². The predicted octanol–water partition coefficient (Wildman–Crippen LogP) is 4.43. The Kier molecular flexibility index (Phi) is 6.16. The Morgan fingerprint density at radius 1 is 1.13 bits per heavy atom. The molecule has 0 nitrogen and oxygen atoms in total. The molecule has 0 N–H and O–H groups in total. The zero-order valence-corrected chi connectivity index (χ0v) is 11.3. The van der Waals surface area contributed by atoms with Crippen LogP contribution in [-0.2, 0) is 19.4 Å². The summed E-state index contributed by atoms with van der Waals surface area (Å²) in [5, 5.41) is 0. The van der Waals surface area contributed by atoms with Crippen molar-refractivity contribution < 1.29 is 19.4 Å². The van der Waals surface area contributed by atoms with Crippen LogP contribution in [0.3, 0.4) is 0 Å². The molecule has 0 radical (unpaired) electrons. The molecule has 0 atom stereocenters. The minimum absolute atomic E-state index is 1.13. The fourth-order valence-corrected chi connectivity index (χ4v) is 2.00. The predicted molar refractivity (Wildman–Crippen MR) is 63.1 cm³/mol. The molecule has 0 aromatic rings. The number of hydrogen-bond acceptors (Lipinski definition) is 0. The van der Waals surface area contributed by atoms with Gasteiger partial charge in [0.05, 0.1) is 0 Å². The molecule has 0 bridgehead atoms. The van der Waals surface area contributed by atoms with Crippen LogP contribution in [0.5, 0.6) is 0 Å². The van der Waals surface area contributed by atoms with Gasteiger partial charge in [0, 0.05) is 0 Å². The van der Waals surface area contributed by atoms with Crippen molar-refractivity contribution in [2.75, 3.05) is 0 Å². The van der Waals surface area contributed by atoms with Gasteiger partial charge < -0.3 is 0 Å². The Morgan fingerprint density at radius 2 is 1.60 bits per heavy atom. The van der Waals surface area contributed by atoms with E-state index in [4.69, 9.17) is 0 Å². The van der Waals surface area contributed by atoms with Gasteiger partial charge in [-0.25, -0.2) is 0 Å². The Morgan fingerprint density at radius 3 is 1.87 bits per heavy atom. The molecule has 0 aromatic carbocycles. The van der Waals surface area contributed by atoms with Gasteiger partial charge in [0.2, 0.25) is 0 Å². The molecular weight excluding hydrogens is 239 g/mol. The molecule has 0 amide bonds. The van der Waals surface area contributed by atoms with Gasteiger partial charge in [-0.1, -0.05) is 25.5 Å². The second-order valence-corrected chi connectivity index (χ2v) is 3.48. The first-order chi connectivity index (χ1) is 7.42. The second-order valence-electron chi connectivity index (χ2n) is 3.48. The third kappa shape index (κ3) is 3.41. The Balaban J connectivity index is 0.000000531. The number of allylic oxidation sites excluding steroid dienone is 8. The van der Waals surface area contributed by atoms with Crippen molar-refractivity contribution in [1.82, 2.24) is 0 Å². The SMILES string of the molecule is CC[C-](C1=CC=CC1)C1=CC=CC1.[Cl][Ti+]. The second kappa shape index (κ2) is 7.16. The molecule has 78 valence electrons. The molecule has 2 rings (SSSR count). The topological polar surface area (TPSA) is 0 Å². The van der Waals surface area contributed by atoms with E-state index in [1.165, 1.54) is 30.5 Å². The molecule has 2 heteroatoms. The quantitative estimate of drug-likeness (QED) is 0.516. The monoisotopic (exact) mass is 254 g/mol. The summed E-state index contributed by atoms with van der Waals surface area (Å²) in [7, 11) is 4.64. The van der Waals surface area contributed by atoms with E-state index in [2.05, 4.69) is 52.7 Å². The molecule has 0 aliphatic heterocycles. The first kappa shape index (κ1) is 12.9. The standard InChI is InChI=1S/C13H15.ClH.Ti/c1-2-13(11-7-3-4-8-11)12-9-5-6-10-12;;/h3-7,9H,2,8,10H2,1H3;1H;/q-1;;+2/p-1. The third-order valence-electron chi connectivity index (χ3n) is 2.67. The van der Waals surface area contributed by atoms with Crippen LogP contribution in [0.2, 0.25) is 0 Å². The minimum atomic E-state index is 1.13. The molecule has 15 heavy (non-hydrogen) atoms. The first-order valence-corrected chi connectivity index (χ1v) is 7.33. The summed E-state index contributed by atoms with van der Waals surface area (Å²) in [4.78, 5) is 0. The molecule has 0 unspecified atom stereocenters. The van der Waals surface area contributed by atoms with Crippen molar-refractivity contribution in [3.8, 4) is 0 Å². The fraction of sp³-hybridized carbons (Fsp3) is 0.308. The van der Waals surface area contributed by atoms with Gasteiger partial charge in [-0.05, 0) is 12.8 Å². The number of hydrogen-bond donors (Lipinski definition) is 0. The Hall–Kier alpha value is -0.166. The summed E-state index contributed by atoms with van der Waals surface area (Å²) >= 11 is 1.47. The molecule has 0 saturated carbocycles. The van der Waals surface area contributed by atoms with Crippen molar-refractivity contribution in [2.24, 2.45) is 0 Å². The van der Waals surface area contributed by atoms with Crippen LogP contribution in [-0.4, -0.2) is 0 Å². The van der Waals surface area contributed by atoms with Crippen molar-refractivity contribution >= 4 is 9.30 Å². The normalized spacial score (nSPS) is 16.9. The molecule has 0 fully saturated rings. The van der Waals surface area contributed by atoms with Crippen LogP contribution >= 0.6 is 9.30 Å². The average Bonchev–Trinajstić information content (AvgIpc) is 2.94. The summed E-state index contributed by atoms with van der Waals surface area (Å²) in [6.07, 6.45) is 16.7. The van der Waals surface area contributed by atoms with Crippen molar-refractivity contribution in [2.45, 2.75) is 26.2 Å². The number of halogens is 1. The van der Waals surface area contributed by atoms with E-state index in [1.807, 2.05) is 0 Å². The van der Waals surface area contributed by atoms with E-state index in [0.29, 0.717) is 0 Å². The number of rotatable bonds is 3. The maximum atomic E-state index is 4.64. The Labute approximate surface area is 108 Å². The van der Waals surface area contributed by atoms with Gasteiger partial charge in [-0.3, -0.25) is 0 Å². The van der Waals surface area contributed by atoms with Crippen LogP contribution in [0.25, 0.3) is 0 Å². The summed E-state index contributed by atoms with van der Waals surface area (Å²) in [5.74, 6) is 1.55. The van der Waals surface area contributed by atoms with Crippen molar-refractivity contribution in [3.05, 3.63) is 53.5 Å². The molecule has 2 aliphatic carbocycles. The van der Waals surface area contributed by atoms with Gasteiger partial charge in [0.25, 0.3) is 0 Å². The van der Waals surface area contributed by atoms with E-state index >= 15 is 0 Å². The summed E-state index contributed by atoms with van der Waals surface area (Å²) in [6.45, 7) is 2.24. The molecule has 0 aromatic heterocycles. The zero-order chi connectivity index (χ0) is 11.1. The average molecular weight is 255 g/mol. The van der Waals surface area contributed by atoms with Gasteiger partial charge >= 0.3 is 28.7 Å². The Bertz CT molecular complexity index is 280. The molecule has 0 spiro atoms. The summed E-state index contributed by atoms with van der Waals surface area (Å²) in [5.41, 5.74) is 3.02. The summed E-state index contributed by atoms with van der Waals surface area (Å²) in [6, 6.07) is 0. The van der Waals surface area contributed by atoms with Crippen LogP contribution in [0.1, 0.15) is 26.2 Å². The van der Waals surface area contributed by atoms with Crippen molar-refractivity contribution in [3.63, 3.8) is 0 Å². The van der Waals surface area contributed by atoms with E-state index in [9.17, 15) is 0 Å². The maximum absolute atomic E-state index is 4.64. The molecular formula is C13H15ClTi. The van der Waals surface area contributed by atoms with E-state index in [0.717, 1.165) is 19.3 Å². The molecule has 2 aliphatic rings. The van der Waals surface area contributed by atoms with Crippen LogP contribution in [0, 0.1) is 5.92 Å². The fourth-order valence-electron chi connectivity index (χ4n) is 2.00. The third-order valence-corrected chi connectivity index (χ3v) is 2.67. The van der Waals surface area contributed by atoms with E-state index in [1.54, 1.807) is 5.92 Å². The summed E-state index contributed by atoms with van der Waals surface area (Å²) < 4.78 is 0. The van der Waals surface area contributed by atoms with Crippen molar-refractivity contribution in [1.29, 1.82) is 0 Å². The molecule has 0 heterocycles. The van der Waals surface area contributed by atoms with Gasteiger partial charge in [-0.15, -0.1) is 29.2 Å². The van der Waals surface area contributed by atoms with Crippen LogP contribution in [0.4, 0.5) is 0 Å². The van der Waals surface area contributed by atoms with Gasteiger partial charge in [0.1, 0.15) is 0 Å². The van der Waals surface area contributed by atoms with Crippen LogP contribution < -0.4 is 0 Å². The molecule has 0 saturated heterocycles. The van der Waals surface area contributed by atoms with Gasteiger partial charge in [-0.2, -0.15) is 12.2 Å². The first-order valence-electron chi connectivity index (χ1n) is 5.18. The zero-order valence-electron chi connectivity index (χ0n) is 8.96. The van der Waals surface area contributed by atoms with Crippen LogP contribution in [0.15, 0.2) is 47.6 Å².